The Morgan fingerprint density at radius 2 is 1.75 bits per heavy atom. The van der Waals surface area contributed by atoms with Crippen molar-refractivity contribution in [3.63, 3.8) is 0 Å². The lowest BCUT2D eigenvalue weighted by Gasteiger charge is -2.13. The number of hydrogen-bond donors (Lipinski definition) is 2. The third-order valence-corrected chi connectivity index (χ3v) is 4.66. The Kier molecular flexibility index (Phi) is 5.70. The normalized spacial score (nSPS) is 10.5. The molecule has 144 valence electrons. The number of thiophene rings is 1. The molecule has 0 saturated carbocycles. The Hall–Kier alpha value is -3.26. The van der Waals surface area contributed by atoms with Gasteiger partial charge in [0.2, 0.25) is 0 Å². The molecule has 8 heteroatoms. The summed E-state index contributed by atoms with van der Waals surface area (Å²) in [5.74, 6) is -3.69. The third-order valence-electron chi connectivity index (χ3n) is 3.92. The lowest BCUT2D eigenvalue weighted by Crippen LogP contribution is -2.16. The van der Waals surface area contributed by atoms with Crippen LogP contribution in [0.5, 0.6) is 5.75 Å². The summed E-state index contributed by atoms with van der Waals surface area (Å²) in [6.45, 7) is 2.19. The number of halogens is 2. The molecule has 2 N–H and O–H groups in total. The summed E-state index contributed by atoms with van der Waals surface area (Å²) in [6.07, 6.45) is 0. The fourth-order valence-corrected chi connectivity index (χ4v) is 3.46. The number of nitrogens with one attached hydrogen (secondary N) is 1. The fraction of sp³-hybridized carbons (Fsp3) is 0.100. The molecule has 1 amide bonds. The summed E-state index contributed by atoms with van der Waals surface area (Å²) >= 11 is 1.00. The number of benzene rings is 2. The van der Waals surface area contributed by atoms with Gasteiger partial charge in [-0.3, -0.25) is 4.79 Å². The van der Waals surface area contributed by atoms with E-state index < -0.39 is 29.2 Å². The van der Waals surface area contributed by atoms with Gasteiger partial charge in [-0.2, -0.15) is 11.3 Å². The van der Waals surface area contributed by atoms with Crippen LogP contribution in [0.3, 0.4) is 0 Å². The largest absolute Gasteiger partial charge is 0.493 e. The molecule has 2 aromatic carbocycles. The van der Waals surface area contributed by atoms with E-state index in [1.54, 1.807) is 31.2 Å². The van der Waals surface area contributed by atoms with Gasteiger partial charge in [-0.25, -0.2) is 13.6 Å². The summed E-state index contributed by atoms with van der Waals surface area (Å²) in [5, 5.41) is 13.8. The van der Waals surface area contributed by atoms with Crippen LogP contribution in [0.2, 0.25) is 0 Å². The van der Waals surface area contributed by atoms with E-state index in [-0.39, 0.29) is 16.7 Å². The maximum absolute atomic E-state index is 14.6. The van der Waals surface area contributed by atoms with Crippen LogP contribution in [-0.2, 0) is 0 Å². The highest BCUT2D eigenvalue weighted by Gasteiger charge is 2.21. The summed E-state index contributed by atoms with van der Waals surface area (Å²) in [5.41, 5.74) is -0.289. The first-order valence-corrected chi connectivity index (χ1v) is 9.18. The minimum Gasteiger partial charge on any atom is -0.493 e. The van der Waals surface area contributed by atoms with Gasteiger partial charge in [-0.15, -0.1) is 0 Å². The van der Waals surface area contributed by atoms with Gasteiger partial charge in [-0.1, -0.05) is 18.2 Å². The molecule has 0 aliphatic carbocycles. The molecule has 3 aromatic rings. The smallest absolute Gasteiger partial charge is 0.337 e. The number of carbonyl (C=O) groups is 2. The third kappa shape index (κ3) is 3.86. The quantitative estimate of drug-likeness (QED) is 0.604. The molecular weight excluding hydrogens is 388 g/mol. The average Bonchev–Trinajstić information content (AvgIpc) is 3.15. The Morgan fingerprint density at radius 3 is 2.39 bits per heavy atom. The number of para-hydroxylation sites is 1. The number of anilines is 1. The van der Waals surface area contributed by atoms with Crippen LogP contribution in [0.1, 0.15) is 27.6 Å². The maximum atomic E-state index is 14.6. The number of amides is 1. The van der Waals surface area contributed by atoms with E-state index in [0.717, 1.165) is 23.5 Å². The van der Waals surface area contributed by atoms with E-state index in [9.17, 15) is 18.4 Å². The van der Waals surface area contributed by atoms with Gasteiger partial charge in [0.1, 0.15) is 23.1 Å². The van der Waals surface area contributed by atoms with Crippen LogP contribution in [0.4, 0.5) is 14.5 Å². The fourth-order valence-electron chi connectivity index (χ4n) is 2.65. The van der Waals surface area contributed by atoms with Crippen molar-refractivity contribution in [2.75, 3.05) is 11.9 Å². The number of rotatable bonds is 6. The minimum atomic E-state index is -1.30. The van der Waals surface area contributed by atoms with Crippen molar-refractivity contribution in [3.05, 3.63) is 69.9 Å². The number of carboxylic acid groups (broad SMARTS) is 1. The Labute approximate surface area is 163 Å². The van der Waals surface area contributed by atoms with Gasteiger partial charge in [0.25, 0.3) is 5.91 Å². The van der Waals surface area contributed by atoms with Gasteiger partial charge in [0.05, 0.1) is 17.7 Å². The van der Waals surface area contributed by atoms with Gasteiger partial charge >= 0.3 is 5.97 Å². The molecule has 0 aliphatic rings. The Bertz CT molecular complexity index is 1030. The zero-order chi connectivity index (χ0) is 20.3. The second kappa shape index (κ2) is 8.18. The predicted molar refractivity (Wildman–Crippen MR) is 102 cm³/mol. The highest BCUT2D eigenvalue weighted by atomic mass is 32.1. The monoisotopic (exact) mass is 403 g/mol. The first-order valence-electron chi connectivity index (χ1n) is 8.24. The molecule has 0 aliphatic heterocycles. The van der Waals surface area contributed by atoms with Crippen LogP contribution >= 0.6 is 11.3 Å². The van der Waals surface area contributed by atoms with Gasteiger partial charge < -0.3 is 15.2 Å². The molecule has 0 spiro atoms. The summed E-state index contributed by atoms with van der Waals surface area (Å²) < 4.78 is 34.6. The van der Waals surface area contributed by atoms with Crippen LogP contribution in [0, 0.1) is 11.6 Å². The molecule has 0 radical (unpaired) electrons. The van der Waals surface area contributed by atoms with Crippen molar-refractivity contribution in [2.24, 2.45) is 0 Å². The van der Waals surface area contributed by atoms with Crippen LogP contribution in [0.25, 0.3) is 11.1 Å². The second-order valence-electron chi connectivity index (χ2n) is 5.70. The average molecular weight is 403 g/mol. The van der Waals surface area contributed by atoms with Crippen molar-refractivity contribution in [2.45, 2.75) is 6.92 Å². The first-order chi connectivity index (χ1) is 13.4. The van der Waals surface area contributed by atoms with Crippen molar-refractivity contribution in [1.29, 1.82) is 0 Å². The van der Waals surface area contributed by atoms with E-state index in [1.165, 1.54) is 10.8 Å². The van der Waals surface area contributed by atoms with E-state index in [0.29, 0.717) is 17.9 Å². The lowest BCUT2D eigenvalue weighted by molar-refractivity contribution is 0.0693. The Morgan fingerprint density at radius 1 is 1.11 bits per heavy atom. The highest BCUT2D eigenvalue weighted by Crippen LogP contribution is 2.33. The van der Waals surface area contributed by atoms with Gasteiger partial charge in [-0.05, 0) is 30.7 Å². The summed E-state index contributed by atoms with van der Waals surface area (Å²) in [7, 11) is 0. The molecule has 0 saturated heterocycles. The van der Waals surface area contributed by atoms with Crippen molar-refractivity contribution in [3.8, 4) is 16.9 Å². The van der Waals surface area contributed by atoms with Crippen LogP contribution in [0.15, 0.2) is 47.2 Å². The molecule has 3 rings (SSSR count). The van der Waals surface area contributed by atoms with E-state index in [4.69, 9.17) is 9.84 Å². The first kappa shape index (κ1) is 19.5. The van der Waals surface area contributed by atoms with E-state index in [2.05, 4.69) is 5.32 Å². The molecule has 1 aromatic heterocycles. The molecular formula is C20H15F2NO4S. The van der Waals surface area contributed by atoms with Gasteiger partial charge in [0.15, 0.2) is 0 Å². The number of ether oxygens (including phenoxy) is 1. The summed E-state index contributed by atoms with van der Waals surface area (Å²) in [6, 6.07) is 8.99. The summed E-state index contributed by atoms with van der Waals surface area (Å²) in [4.78, 5) is 23.4. The standard InChI is InChI=1S/C20H15F2NO4S/c1-2-27-17-6-4-3-5-12(17)11-7-15(21)18(16(22)8-11)23-19(24)13-9-28-10-14(13)20(25)26/h3-10H,2H2,1H3,(H,23,24)(H,25,26). The molecule has 0 fully saturated rings. The zero-order valence-electron chi connectivity index (χ0n) is 14.7. The lowest BCUT2D eigenvalue weighted by atomic mass is 10.0. The zero-order valence-corrected chi connectivity index (χ0v) is 15.5. The molecule has 1 heterocycles. The van der Waals surface area contributed by atoms with E-state index in [1.807, 2.05) is 0 Å². The maximum Gasteiger partial charge on any atom is 0.337 e. The van der Waals surface area contributed by atoms with Gasteiger partial charge in [0, 0.05) is 16.3 Å². The van der Waals surface area contributed by atoms with Crippen LogP contribution in [-0.4, -0.2) is 23.6 Å². The van der Waals surface area contributed by atoms with Crippen molar-refractivity contribution < 1.29 is 28.2 Å². The SMILES string of the molecule is CCOc1ccccc1-c1cc(F)c(NC(=O)c2cscc2C(=O)O)c(F)c1. The topological polar surface area (TPSA) is 75.6 Å². The number of carbonyl (C=O) groups excluding carboxylic acids is 1. The number of carboxylic acids is 1. The van der Waals surface area contributed by atoms with Crippen molar-refractivity contribution >= 4 is 28.9 Å². The molecule has 0 atom stereocenters. The van der Waals surface area contributed by atoms with Crippen molar-refractivity contribution in [1.82, 2.24) is 0 Å². The van der Waals surface area contributed by atoms with Crippen LogP contribution < -0.4 is 10.1 Å². The molecule has 5 nitrogen and oxygen atoms in total. The minimum absolute atomic E-state index is 0.165. The Balaban J connectivity index is 1.94. The number of hydrogen-bond acceptors (Lipinski definition) is 4. The second-order valence-corrected chi connectivity index (χ2v) is 6.45. The predicted octanol–water partition coefficient (Wildman–Crippen LogP) is 5.04. The molecule has 0 unspecified atom stereocenters. The molecule has 0 bridgehead atoms. The van der Waals surface area contributed by atoms with E-state index >= 15 is 0 Å². The highest BCUT2D eigenvalue weighted by molar-refractivity contribution is 7.08. The number of aromatic carboxylic acids is 1. The molecule has 28 heavy (non-hydrogen) atoms.